The van der Waals surface area contributed by atoms with E-state index in [1.54, 1.807) is 30.5 Å². The van der Waals surface area contributed by atoms with E-state index in [0.29, 0.717) is 34.3 Å². The monoisotopic (exact) mass is 533 g/mol. The van der Waals surface area contributed by atoms with Crippen LogP contribution < -0.4 is 16.0 Å². The molecule has 1 aliphatic carbocycles. The van der Waals surface area contributed by atoms with Crippen LogP contribution in [0.15, 0.2) is 65.5 Å². The Kier molecular flexibility index (Phi) is 6.56. The van der Waals surface area contributed by atoms with Crippen molar-refractivity contribution in [3.63, 3.8) is 0 Å². The van der Waals surface area contributed by atoms with Crippen LogP contribution in [0.1, 0.15) is 34.5 Å². The highest BCUT2D eigenvalue weighted by Crippen LogP contribution is 2.38. The molecule has 34 heavy (non-hydrogen) atoms. The lowest BCUT2D eigenvalue weighted by Gasteiger charge is -2.17. The summed E-state index contributed by atoms with van der Waals surface area (Å²) in [5, 5.41) is 8.24. The number of benzene rings is 1. The topological polar surface area (TPSA) is 96.0 Å². The second-order valence-electron chi connectivity index (χ2n) is 7.81. The molecule has 0 atom stereocenters. The van der Waals surface area contributed by atoms with Crippen LogP contribution in [-0.2, 0) is 17.5 Å². The summed E-state index contributed by atoms with van der Waals surface area (Å²) in [5.74, 6) is -0.695. The fourth-order valence-corrected chi connectivity index (χ4v) is 3.64. The van der Waals surface area contributed by atoms with E-state index in [2.05, 4.69) is 41.8 Å². The predicted octanol–water partition coefficient (Wildman–Crippen LogP) is 4.58. The zero-order valence-corrected chi connectivity index (χ0v) is 19.2. The highest BCUT2D eigenvalue weighted by Gasteiger charge is 2.51. The highest BCUT2D eigenvalue weighted by molar-refractivity contribution is 9.10. The van der Waals surface area contributed by atoms with Crippen LogP contribution in [0.2, 0.25) is 0 Å². The molecule has 3 N–H and O–H groups in total. The Balaban J connectivity index is 1.35. The number of rotatable bonds is 7. The minimum Gasteiger partial charge on any atom is -0.354 e. The molecular formula is C23H19BrF3N5O2. The van der Waals surface area contributed by atoms with Gasteiger partial charge in [-0.1, -0.05) is 15.9 Å². The number of hydrogen-bond acceptors (Lipinski definition) is 5. The van der Waals surface area contributed by atoms with E-state index in [4.69, 9.17) is 0 Å². The SMILES string of the molecule is O=C(NC1(C(=O)NCc2ccc(Nc3ccc(Br)cc3C(F)(F)F)cn2)CC1)c1cccnc1. The number of carbonyl (C=O) groups excluding carboxylic acids is 2. The summed E-state index contributed by atoms with van der Waals surface area (Å²) in [7, 11) is 0. The molecular weight excluding hydrogens is 515 g/mol. The molecule has 11 heteroatoms. The van der Waals surface area contributed by atoms with Crippen molar-refractivity contribution >= 4 is 39.1 Å². The molecule has 0 radical (unpaired) electrons. The van der Waals surface area contributed by atoms with Crippen molar-refractivity contribution in [2.45, 2.75) is 31.1 Å². The summed E-state index contributed by atoms with van der Waals surface area (Å²) in [5.41, 5.74) is -0.611. The maximum Gasteiger partial charge on any atom is 0.418 e. The normalized spacial score (nSPS) is 14.2. The van der Waals surface area contributed by atoms with Gasteiger partial charge >= 0.3 is 6.18 Å². The molecule has 1 saturated carbocycles. The minimum atomic E-state index is -4.52. The minimum absolute atomic E-state index is 0.0985. The van der Waals surface area contributed by atoms with Crippen molar-refractivity contribution in [1.29, 1.82) is 0 Å². The first-order valence-corrected chi connectivity index (χ1v) is 11.1. The molecule has 0 bridgehead atoms. The molecule has 7 nitrogen and oxygen atoms in total. The van der Waals surface area contributed by atoms with Gasteiger partial charge < -0.3 is 16.0 Å². The summed E-state index contributed by atoms with van der Waals surface area (Å²) in [6.07, 6.45) is 0.897. The standard InChI is InChI=1S/C23H19BrF3N5O2/c24-15-3-6-19(18(10-15)23(25,26)27)31-17-5-4-16(29-13-17)12-30-21(34)22(7-8-22)32-20(33)14-2-1-9-28-11-14/h1-6,9-11,13,31H,7-8,12H2,(H,30,34)(H,32,33). The van der Waals surface area contributed by atoms with E-state index in [1.807, 2.05) is 0 Å². The van der Waals surface area contributed by atoms with Crippen molar-refractivity contribution < 1.29 is 22.8 Å². The Morgan fingerprint density at radius 1 is 1.09 bits per heavy atom. The Morgan fingerprint density at radius 2 is 1.88 bits per heavy atom. The second-order valence-corrected chi connectivity index (χ2v) is 8.73. The molecule has 0 aliphatic heterocycles. The Morgan fingerprint density at radius 3 is 2.50 bits per heavy atom. The van der Waals surface area contributed by atoms with Gasteiger partial charge in [-0.2, -0.15) is 13.2 Å². The zero-order chi connectivity index (χ0) is 24.3. The average molecular weight is 534 g/mol. The largest absolute Gasteiger partial charge is 0.418 e. The first kappa shape index (κ1) is 23.7. The van der Waals surface area contributed by atoms with E-state index in [9.17, 15) is 22.8 Å². The number of carbonyl (C=O) groups is 2. The lowest BCUT2D eigenvalue weighted by molar-refractivity contribution is -0.137. The number of pyridine rings is 2. The number of alkyl halides is 3. The van der Waals surface area contributed by atoms with Crippen LogP contribution in [0, 0.1) is 0 Å². The summed E-state index contributed by atoms with van der Waals surface area (Å²) in [4.78, 5) is 33.1. The number of nitrogens with one attached hydrogen (secondary N) is 3. The van der Waals surface area contributed by atoms with Gasteiger partial charge in [-0.3, -0.25) is 19.6 Å². The quantitative estimate of drug-likeness (QED) is 0.413. The summed E-state index contributed by atoms with van der Waals surface area (Å²) >= 11 is 3.06. The number of nitrogens with zero attached hydrogens (tertiary/aromatic N) is 2. The molecule has 2 heterocycles. The highest BCUT2D eigenvalue weighted by atomic mass is 79.9. The second kappa shape index (κ2) is 9.41. The molecule has 1 aromatic carbocycles. The van der Waals surface area contributed by atoms with E-state index < -0.39 is 17.3 Å². The average Bonchev–Trinajstić information content (AvgIpc) is 3.60. The number of anilines is 2. The van der Waals surface area contributed by atoms with Crippen LogP contribution in [0.25, 0.3) is 0 Å². The number of aromatic nitrogens is 2. The van der Waals surface area contributed by atoms with E-state index >= 15 is 0 Å². The van der Waals surface area contributed by atoms with Gasteiger partial charge in [0.05, 0.1) is 40.9 Å². The van der Waals surface area contributed by atoms with Crippen LogP contribution in [0.5, 0.6) is 0 Å². The van der Waals surface area contributed by atoms with Gasteiger partial charge in [-0.15, -0.1) is 0 Å². The van der Waals surface area contributed by atoms with Crippen LogP contribution in [0.4, 0.5) is 24.5 Å². The van der Waals surface area contributed by atoms with Gasteiger partial charge in [0.25, 0.3) is 5.91 Å². The van der Waals surface area contributed by atoms with Crippen LogP contribution in [0.3, 0.4) is 0 Å². The first-order chi connectivity index (χ1) is 16.2. The predicted molar refractivity (Wildman–Crippen MR) is 122 cm³/mol. The maximum atomic E-state index is 13.3. The van der Waals surface area contributed by atoms with Gasteiger partial charge in [0.2, 0.25) is 5.91 Å². The molecule has 0 spiro atoms. The molecule has 176 valence electrons. The third-order valence-electron chi connectivity index (χ3n) is 5.28. The van der Waals surface area contributed by atoms with Gasteiger partial charge in [-0.05, 0) is 55.3 Å². The van der Waals surface area contributed by atoms with E-state index in [-0.39, 0.29) is 24.0 Å². The molecule has 0 saturated heterocycles. The van der Waals surface area contributed by atoms with Crippen molar-refractivity contribution in [1.82, 2.24) is 20.6 Å². The zero-order valence-electron chi connectivity index (χ0n) is 17.6. The lowest BCUT2D eigenvalue weighted by Crippen LogP contribution is -2.48. The van der Waals surface area contributed by atoms with Gasteiger partial charge in [0.1, 0.15) is 5.54 Å². The maximum absolute atomic E-state index is 13.3. The van der Waals surface area contributed by atoms with Crippen molar-refractivity contribution in [3.05, 3.63) is 82.3 Å². The smallest absolute Gasteiger partial charge is 0.354 e. The van der Waals surface area contributed by atoms with Crippen LogP contribution in [-0.4, -0.2) is 27.3 Å². The van der Waals surface area contributed by atoms with Crippen molar-refractivity contribution in [2.24, 2.45) is 0 Å². The number of amides is 2. The van der Waals surface area contributed by atoms with Gasteiger partial charge in [0, 0.05) is 16.9 Å². The molecule has 2 amide bonds. The van der Waals surface area contributed by atoms with E-state index in [0.717, 1.165) is 6.07 Å². The first-order valence-electron chi connectivity index (χ1n) is 10.3. The Hall–Kier alpha value is -3.47. The summed E-state index contributed by atoms with van der Waals surface area (Å²) in [6.45, 7) is 0.107. The van der Waals surface area contributed by atoms with Gasteiger partial charge in [0.15, 0.2) is 0 Å². The molecule has 3 aromatic rings. The molecule has 2 aromatic heterocycles. The fourth-order valence-electron chi connectivity index (χ4n) is 3.28. The number of halogens is 4. The van der Waals surface area contributed by atoms with E-state index in [1.165, 1.54) is 24.5 Å². The van der Waals surface area contributed by atoms with Gasteiger partial charge in [-0.25, -0.2) is 0 Å². The number of hydrogen-bond donors (Lipinski definition) is 3. The molecule has 4 rings (SSSR count). The third kappa shape index (κ3) is 5.53. The van der Waals surface area contributed by atoms with Crippen LogP contribution >= 0.6 is 15.9 Å². The molecule has 1 fully saturated rings. The molecule has 1 aliphatic rings. The Labute approximate surface area is 201 Å². The summed E-state index contributed by atoms with van der Waals surface area (Å²) < 4.78 is 40.2. The Bertz CT molecular complexity index is 1200. The summed E-state index contributed by atoms with van der Waals surface area (Å²) in [6, 6.07) is 10.3. The lowest BCUT2D eigenvalue weighted by atomic mass is 10.1. The van der Waals surface area contributed by atoms with Crippen molar-refractivity contribution in [3.8, 4) is 0 Å². The van der Waals surface area contributed by atoms with Crippen molar-refractivity contribution in [2.75, 3.05) is 5.32 Å². The molecule has 0 unspecified atom stereocenters. The fraction of sp³-hybridized carbons (Fsp3) is 0.217. The third-order valence-corrected chi connectivity index (χ3v) is 5.78.